The van der Waals surface area contributed by atoms with Gasteiger partial charge in [-0.1, -0.05) is 229 Å². The van der Waals surface area contributed by atoms with Crippen LogP contribution in [-0.4, -0.2) is 104 Å². The van der Waals surface area contributed by atoms with Crippen molar-refractivity contribution in [1.82, 2.24) is 0 Å². The van der Waals surface area contributed by atoms with Gasteiger partial charge in [-0.25, -0.2) is 8.78 Å². The molecule has 0 bridgehead atoms. The van der Waals surface area contributed by atoms with Crippen LogP contribution in [0.5, 0.6) is 11.5 Å². The molecule has 14 nitrogen and oxygen atoms in total. The molecule has 21 heteroatoms. The molecule has 2 fully saturated rings. The molecular weight excluding hydrogens is 1440 g/mol. The van der Waals surface area contributed by atoms with Crippen LogP contribution >= 0.6 is 23.2 Å². The molecule has 0 spiro atoms. The summed E-state index contributed by atoms with van der Waals surface area (Å²) in [5.74, 6) is -7.88. The van der Waals surface area contributed by atoms with Gasteiger partial charge in [-0.15, -0.1) is 0 Å². The molecule has 0 aliphatic carbocycles. The number of halogens is 6. The smallest absolute Gasteiger partial charge is 0.225 e. The second-order valence-corrected chi connectivity index (χ2v) is 32.5. The summed E-state index contributed by atoms with van der Waals surface area (Å²) < 4.78 is 144. The van der Waals surface area contributed by atoms with Gasteiger partial charge in [-0.3, -0.25) is 0 Å². The van der Waals surface area contributed by atoms with Gasteiger partial charge in [0.2, 0.25) is 23.2 Å². The maximum atomic E-state index is 15.3. The van der Waals surface area contributed by atoms with Crippen molar-refractivity contribution in [2.24, 2.45) is 0 Å². The van der Waals surface area contributed by atoms with Crippen LogP contribution in [0, 0.1) is 23.3 Å². The maximum absolute atomic E-state index is 15.3. The van der Waals surface area contributed by atoms with E-state index >= 15 is 8.78 Å². The summed E-state index contributed by atoms with van der Waals surface area (Å²) in [6.45, 7) is 7.40. The molecule has 1 N–H and O–H groups in total. The van der Waals surface area contributed by atoms with E-state index in [0.29, 0.717) is 32.3 Å². The number of benzene rings is 10. The van der Waals surface area contributed by atoms with Crippen LogP contribution in [-0.2, 0) is 116 Å². The molecule has 10 atom stereocenters. The van der Waals surface area contributed by atoms with Gasteiger partial charge < -0.3 is 66.4 Å². The monoisotopic (exact) mass is 1530 g/mol. The zero-order valence-corrected chi connectivity index (χ0v) is 63.8. The van der Waals surface area contributed by atoms with E-state index in [1.54, 1.807) is 43.5 Å². The highest BCUT2D eigenvalue weighted by Gasteiger charge is 2.60. The van der Waals surface area contributed by atoms with Gasteiger partial charge in [0.15, 0.2) is 31.5 Å². The number of methoxy groups -OCH3 is 4. The van der Waals surface area contributed by atoms with Crippen molar-refractivity contribution in [3.8, 4) is 11.5 Å². The highest BCUT2D eigenvalue weighted by Crippen LogP contribution is 2.48. The molecule has 10 aromatic rings. The number of hydrogen-bond acceptors (Lipinski definition) is 14. The normalized spacial score (nSPS) is 21.4. The van der Waals surface area contributed by atoms with Gasteiger partial charge >= 0.3 is 0 Å². The van der Waals surface area contributed by atoms with Crippen molar-refractivity contribution >= 4 is 31.5 Å². The van der Waals surface area contributed by atoms with Crippen LogP contribution in [0.15, 0.2) is 243 Å². The second-order valence-electron chi connectivity index (χ2n) is 27.2. The van der Waals surface area contributed by atoms with Crippen LogP contribution in [0.4, 0.5) is 17.6 Å². The summed E-state index contributed by atoms with van der Waals surface area (Å²) >= 11 is 13.5. The predicted octanol–water partition coefficient (Wildman–Crippen LogP) is 18.2. The fourth-order valence-corrected chi connectivity index (χ4v) is 14.3. The van der Waals surface area contributed by atoms with Gasteiger partial charge in [0.1, 0.15) is 48.8 Å². The summed E-state index contributed by atoms with van der Waals surface area (Å²) in [7, 11) is 3.53. The molecule has 2 heterocycles. The lowest BCUT2D eigenvalue weighted by molar-refractivity contribution is -0.384. The minimum atomic E-state index is -2.08. The van der Waals surface area contributed by atoms with E-state index in [4.69, 9.17) is 84.5 Å². The highest BCUT2D eigenvalue weighted by molar-refractivity contribution is 6.69. The first-order valence-electron chi connectivity index (χ1n) is 35.6. The molecule has 568 valence electrons. The van der Waals surface area contributed by atoms with E-state index < -0.39 is 98.6 Å². The minimum absolute atomic E-state index is 0.0202. The van der Waals surface area contributed by atoms with Crippen molar-refractivity contribution in [1.29, 1.82) is 0 Å². The highest BCUT2D eigenvalue weighted by atomic mass is 35.5. The molecule has 0 saturated carbocycles. The summed E-state index contributed by atoms with van der Waals surface area (Å²) in [5.41, 5.74) is 7.81. The summed E-state index contributed by atoms with van der Waals surface area (Å²) in [5, 5.41) is 11.5. The van der Waals surface area contributed by atoms with Crippen LogP contribution in [0.1, 0.15) is 66.8 Å². The van der Waals surface area contributed by atoms with Crippen molar-refractivity contribution in [2.45, 2.75) is 133 Å². The molecule has 2 saturated heterocycles. The first kappa shape index (κ1) is 80.8. The zero-order valence-electron chi connectivity index (χ0n) is 61.3. The van der Waals surface area contributed by atoms with Crippen molar-refractivity contribution in [3.05, 3.63) is 343 Å². The number of ether oxygens (including phenoxy) is 12. The zero-order chi connectivity index (χ0) is 76.2. The van der Waals surface area contributed by atoms with Gasteiger partial charge in [-0.05, 0) is 112 Å². The molecule has 0 unspecified atom stereocenters. The average Bonchev–Trinajstić information content (AvgIpc) is 0.740. The van der Waals surface area contributed by atoms with E-state index in [-0.39, 0.29) is 81.7 Å². The Bertz CT molecular complexity index is 4450. The Kier molecular flexibility index (Phi) is 28.8. The van der Waals surface area contributed by atoms with Crippen LogP contribution in [0.25, 0.3) is 0 Å². The average molecular weight is 1530 g/mol. The van der Waals surface area contributed by atoms with E-state index in [9.17, 15) is 13.9 Å². The molecule has 12 rings (SSSR count). The number of rotatable bonds is 32. The minimum Gasteiger partial charge on any atom is -0.494 e. The third-order valence-electron chi connectivity index (χ3n) is 18.9. The molecule has 108 heavy (non-hydrogen) atoms. The second kappa shape index (κ2) is 38.5. The lowest BCUT2D eigenvalue weighted by Gasteiger charge is -2.52. The summed E-state index contributed by atoms with van der Waals surface area (Å²) in [6, 6.07) is 74.7. The van der Waals surface area contributed by atoms with Gasteiger partial charge in [-0.2, -0.15) is 8.78 Å². The fraction of sp³-hybridized carbons (Fsp3) is 0.310. The Hall–Kier alpha value is -8.16. The third kappa shape index (κ3) is 20.1. The number of aliphatic hydroxyl groups is 1. The Morgan fingerprint density at radius 1 is 0.370 bits per heavy atom. The Labute approximate surface area is 640 Å². The van der Waals surface area contributed by atoms with Gasteiger partial charge in [0, 0.05) is 48.2 Å². The molecule has 2 aliphatic rings. The summed E-state index contributed by atoms with van der Waals surface area (Å²) in [4.78, 5) is 0. The van der Waals surface area contributed by atoms with Crippen LogP contribution < -0.4 is 9.47 Å². The largest absolute Gasteiger partial charge is 0.494 e. The number of hydrogen-bond donors (Lipinski definition) is 1. The van der Waals surface area contributed by atoms with Crippen LogP contribution in [0.3, 0.4) is 0 Å². The molecule has 0 aromatic heterocycles. The molecule has 0 amide bonds. The molecule has 10 aromatic carbocycles. The van der Waals surface area contributed by atoms with Crippen molar-refractivity contribution in [3.63, 3.8) is 0 Å². The third-order valence-corrected chi connectivity index (χ3v) is 20.7. The topological polar surface area (TPSA) is 140 Å². The van der Waals surface area contributed by atoms with E-state index in [1.807, 2.05) is 182 Å². The predicted molar refractivity (Wildman–Crippen MR) is 408 cm³/mol. The van der Waals surface area contributed by atoms with Gasteiger partial charge in [0.25, 0.3) is 0 Å². The maximum Gasteiger partial charge on any atom is 0.225 e. The molecule has 0 radical (unpaired) electrons. The quantitative estimate of drug-likeness (QED) is 0.0316. The molecule has 2 aliphatic heterocycles. The first-order chi connectivity index (χ1) is 52.4. The van der Waals surface area contributed by atoms with E-state index in [1.165, 1.54) is 45.6 Å². The molecular formula is C87H90Cl2F4O14Si. The SMILES string of the molecule is COc1ccc(Cc2cc([C@]3(OC)O[C@H](CO)[C@@H](OCc4ccccc4)[C@H](OCc4ccccc4)[C@H]3OCc3ccccc3)ccc2Cl)c(F)c1F.COc1ccc(Cc2cc([C@]3(OC)O[C@H](CO[Si](C)(C)C)[C@@H](OCc4ccccc4)[C@H](OCc4ccccc4)[C@H]3OCc3ccccc3)ccc2Cl)c(F)c1F. The standard InChI is InChI=1S/C45H49ClF2O7Si.C42H41ClF2O7/c1-49-38-24-21-34(40(47)41(38)48)25-35-26-36(22-23-37(35)46)45(50-2)44(53-29-33-19-13-8-14-20-33)43(52-28-32-17-11-7-12-18-32)42(39(55-45)30-54-56(3,4)5)51-27-31-15-9-6-10-16-31;1-47-35-21-18-31(37(44)38(35)45)22-32-23-33(19-20-34(32)43)42(48-2)41(51-27-30-16-10-5-11-17-30)40(50-26-29-14-8-4-9-15-29)39(36(24-46)52-42)49-25-28-12-6-3-7-13-28/h6-24,26,39,42-44H,25,27-30H2,1-5H3;3-21,23,36,39-41,46H,22,24-27H2,1-2H3/t39-,42-,43+,44-,45+;36-,39-,40+,41-,42+/m11/s1. The number of aliphatic hydroxyl groups excluding tert-OH is 1. The lowest BCUT2D eigenvalue weighted by atomic mass is 9.86. The van der Waals surface area contributed by atoms with E-state index in [0.717, 1.165) is 33.4 Å². The van der Waals surface area contributed by atoms with Gasteiger partial charge in [0.05, 0.1) is 67.1 Å². The van der Waals surface area contributed by atoms with E-state index in [2.05, 4.69) is 19.6 Å². The lowest BCUT2D eigenvalue weighted by Crippen LogP contribution is -2.66. The Morgan fingerprint density at radius 2 is 0.676 bits per heavy atom. The van der Waals surface area contributed by atoms with Crippen molar-refractivity contribution < 1.29 is 83.9 Å². The first-order valence-corrected chi connectivity index (χ1v) is 39.8. The van der Waals surface area contributed by atoms with Crippen LogP contribution in [0.2, 0.25) is 29.7 Å². The summed E-state index contributed by atoms with van der Waals surface area (Å²) in [6.07, 6.45) is -6.70. The van der Waals surface area contributed by atoms with Crippen molar-refractivity contribution in [2.75, 3.05) is 41.7 Å². The fourth-order valence-electron chi connectivity index (χ4n) is 13.3. The Morgan fingerprint density at radius 3 is 0.981 bits per heavy atom. The Balaban J connectivity index is 0.000000215.